The zero-order chi connectivity index (χ0) is 12.5. The van der Waals surface area contributed by atoms with Crippen LogP contribution in [0.25, 0.3) is 10.9 Å². The van der Waals surface area contributed by atoms with Crippen LogP contribution in [-0.4, -0.2) is 11.1 Å². The molecule has 2 aromatic rings. The largest absolute Gasteiger partial charge is 0.350 e. The number of nitrogens with two attached hydrogens (primary N) is 1. The first-order valence-electron chi connectivity index (χ1n) is 7.03. The van der Waals surface area contributed by atoms with Crippen molar-refractivity contribution in [3.63, 3.8) is 0 Å². The highest BCUT2D eigenvalue weighted by Gasteiger charge is 2.23. The minimum Gasteiger partial charge on any atom is -0.350 e. The third kappa shape index (κ3) is 1.95. The molecule has 0 radical (unpaired) electrons. The molecule has 0 atom stereocenters. The smallest absolute Gasteiger partial charge is 0.0480 e. The second-order valence-corrected chi connectivity index (χ2v) is 5.67. The lowest BCUT2D eigenvalue weighted by atomic mass is 9.79. The van der Waals surface area contributed by atoms with E-state index in [0.29, 0.717) is 0 Å². The number of fused-ring (bicyclic) bond motifs is 1. The molecule has 2 heteroatoms. The Hall–Kier alpha value is -1.28. The Labute approximate surface area is 109 Å². The maximum absolute atomic E-state index is 5.78. The molecule has 0 amide bonds. The number of aryl methyl sites for hydroxylation is 1. The normalized spacial score (nSPS) is 24.6. The Bertz CT molecular complexity index is 533. The Morgan fingerprint density at radius 1 is 1.17 bits per heavy atom. The third-order valence-electron chi connectivity index (χ3n) is 4.55. The van der Waals surface area contributed by atoms with Gasteiger partial charge in [-0.2, -0.15) is 0 Å². The quantitative estimate of drug-likeness (QED) is 0.859. The van der Waals surface area contributed by atoms with Gasteiger partial charge < -0.3 is 10.3 Å². The van der Waals surface area contributed by atoms with Crippen LogP contribution in [0.1, 0.15) is 37.2 Å². The molecule has 0 aliphatic heterocycles. The van der Waals surface area contributed by atoms with Gasteiger partial charge in [-0.1, -0.05) is 18.2 Å². The van der Waals surface area contributed by atoms with Crippen molar-refractivity contribution in [2.75, 3.05) is 6.54 Å². The van der Waals surface area contributed by atoms with Gasteiger partial charge >= 0.3 is 0 Å². The summed E-state index contributed by atoms with van der Waals surface area (Å²) in [7, 11) is 2.15. The molecule has 1 fully saturated rings. The average Bonchev–Trinajstić information content (AvgIpc) is 2.77. The van der Waals surface area contributed by atoms with Gasteiger partial charge in [0.2, 0.25) is 0 Å². The molecule has 0 unspecified atom stereocenters. The molecule has 2 N–H and O–H groups in total. The van der Waals surface area contributed by atoms with Gasteiger partial charge in [-0.3, -0.25) is 0 Å². The summed E-state index contributed by atoms with van der Waals surface area (Å²) in [5.74, 6) is 1.50. The number of para-hydroxylation sites is 1. The zero-order valence-electron chi connectivity index (χ0n) is 11.1. The fourth-order valence-electron chi connectivity index (χ4n) is 3.41. The monoisotopic (exact) mass is 242 g/mol. The van der Waals surface area contributed by atoms with Crippen LogP contribution in [0.2, 0.25) is 0 Å². The molecular weight excluding hydrogens is 220 g/mol. The lowest BCUT2D eigenvalue weighted by molar-refractivity contribution is 0.333. The van der Waals surface area contributed by atoms with Gasteiger partial charge in [-0.15, -0.1) is 0 Å². The molecule has 1 aromatic heterocycles. The molecular formula is C16H22N2. The summed E-state index contributed by atoms with van der Waals surface area (Å²) in [6.45, 7) is 0.863. The van der Waals surface area contributed by atoms with Gasteiger partial charge in [-0.05, 0) is 55.7 Å². The zero-order valence-corrected chi connectivity index (χ0v) is 11.1. The minimum absolute atomic E-state index is 0.735. The Morgan fingerprint density at radius 3 is 2.61 bits per heavy atom. The van der Waals surface area contributed by atoms with E-state index in [0.717, 1.165) is 18.4 Å². The Balaban J connectivity index is 1.91. The predicted octanol–water partition coefficient (Wildman–Crippen LogP) is 3.41. The summed E-state index contributed by atoms with van der Waals surface area (Å²) >= 11 is 0. The lowest BCUT2D eigenvalue weighted by Gasteiger charge is -2.27. The molecule has 18 heavy (non-hydrogen) atoms. The maximum atomic E-state index is 5.78. The molecule has 1 aliphatic rings. The molecule has 0 saturated heterocycles. The van der Waals surface area contributed by atoms with Crippen molar-refractivity contribution in [2.45, 2.75) is 31.6 Å². The van der Waals surface area contributed by atoms with E-state index in [1.54, 1.807) is 5.56 Å². The van der Waals surface area contributed by atoms with E-state index in [1.807, 2.05) is 0 Å². The predicted molar refractivity (Wildman–Crippen MR) is 76.7 cm³/mol. The Morgan fingerprint density at radius 2 is 1.89 bits per heavy atom. The number of benzene rings is 1. The van der Waals surface area contributed by atoms with Gasteiger partial charge in [0.1, 0.15) is 0 Å². The summed E-state index contributed by atoms with van der Waals surface area (Å²) in [5.41, 5.74) is 8.68. The summed E-state index contributed by atoms with van der Waals surface area (Å²) in [4.78, 5) is 0. The van der Waals surface area contributed by atoms with Crippen LogP contribution >= 0.6 is 0 Å². The summed E-state index contributed by atoms with van der Waals surface area (Å²) in [5, 5.41) is 1.44. The van der Waals surface area contributed by atoms with Crippen molar-refractivity contribution in [3.8, 4) is 0 Å². The second kappa shape index (κ2) is 4.77. The number of rotatable bonds is 2. The van der Waals surface area contributed by atoms with Crippen LogP contribution in [0, 0.1) is 5.92 Å². The standard InChI is InChI=1S/C16H22N2/c1-18-11-15(14-4-2-3-5-16(14)18)13-8-6-12(10-17)7-9-13/h2-5,11-13H,6-10,17H2,1H3. The fraction of sp³-hybridized carbons (Fsp3) is 0.500. The average molecular weight is 242 g/mol. The summed E-state index contributed by atoms with van der Waals surface area (Å²) in [6.07, 6.45) is 7.53. The number of aromatic nitrogens is 1. The van der Waals surface area contributed by atoms with E-state index in [2.05, 4.69) is 42.1 Å². The van der Waals surface area contributed by atoms with Crippen LogP contribution in [0.5, 0.6) is 0 Å². The summed E-state index contributed by atoms with van der Waals surface area (Å²) < 4.78 is 2.26. The van der Waals surface area contributed by atoms with E-state index in [1.165, 1.54) is 36.6 Å². The number of hydrogen-bond acceptors (Lipinski definition) is 1. The highest BCUT2D eigenvalue weighted by molar-refractivity contribution is 5.84. The molecule has 1 aromatic carbocycles. The van der Waals surface area contributed by atoms with Crippen LogP contribution < -0.4 is 5.73 Å². The van der Waals surface area contributed by atoms with Gasteiger partial charge in [-0.25, -0.2) is 0 Å². The van der Waals surface area contributed by atoms with Crippen molar-refractivity contribution < 1.29 is 0 Å². The molecule has 1 aliphatic carbocycles. The molecule has 2 nitrogen and oxygen atoms in total. The van der Waals surface area contributed by atoms with E-state index in [9.17, 15) is 0 Å². The lowest BCUT2D eigenvalue weighted by Crippen LogP contribution is -2.20. The number of hydrogen-bond donors (Lipinski definition) is 1. The molecule has 1 heterocycles. The van der Waals surface area contributed by atoms with Crippen LogP contribution in [0.15, 0.2) is 30.5 Å². The van der Waals surface area contributed by atoms with Crippen molar-refractivity contribution in [1.82, 2.24) is 4.57 Å². The molecule has 0 bridgehead atoms. The molecule has 96 valence electrons. The maximum Gasteiger partial charge on any atom is 0.0480 e. The SMILES string of the molecule is Cn1cc(C2CCC(CN)CC2)c2ccccc21. The highest BCUT2D eigenvalue weighted by Crippen LogP contribution is 2.38. The fourth-order valence-corrected chi connectivity index (χ4v) is 3.41. The van der Waals surface area contributed by atoms with Crippen LogP contribution in [0.4, 0.5) is 0 Å². The van der Waals surface area contributed by atoms with Crippen molar-refractivity contribution >= 4 is 10.9 Å². The van der Waals surface area contributed by atoms with E-state index in [-0.39, 0.29) is 0 Å². The molecule has 3 rings (SSSR count). The highest BCUT2D eigenvalue weighted by atomic mass is 14.9. The first-order valence-corrected chi connectivity index (χ1v) is 7.03. The summed E-state index contributed by atoms with van der Waals surface area (Å²) in [6, 6.07) is 8.75. The van der Waals surface area contributed by atoms with Gasteiger partial charge in [0.25, 0.3) is 0 Å². The van der Waals surface area contributed by atoms with Crippen LogP contribution in [0.3, 0.4) is 0 Å². The van der Waals surface area contributed by atoms with E-state index in [4.69, 9.17) is 5.73 Å². The number of nitrogens with zero attached hydrogens (tertiary/aromatic N) is 1. The van der Waals surface area contributed by atoms with E-state index >= 15 is 0 Å². The van der Waals surface area contributed by atoms with Crippen LogP contribution in [-0.2, 0) is 7.05 Å². The Kier molecular flexibility index (Phi) is 3.13. The minimum atomic E-state index is 0.735. The topological polar surface area (TPSA) is 30.9 Å². The van der Waals surface area contributed by atoms with Crippen molar-refractivity contribution in [2.24, 2.45) is 18.7 Å². The molecule has 1 saturated carbocycles. The van der Waals surface area contributed by atoms with E-state index < -0.39 is 0 Å². The van der Waals surface area contributed by atoms with Crippen molar-refractivity contribution in [3.05, 3.63) is 36.0 Å². The van der Waals surface area contributed by atoms with Gasteiger partial charge in [0.05, 0.1) is 0 Å². The van der Waals surface area contributed by atoms with Gasteiger partial charge in [0.15, 0.2) is 0 Å². The third-order valence-corrected chi connectivity index (χ3v) is 4.55. The second-order valence-electron chi connectivity index (χ2n) is 5.67. The first-order chi connectivity index (χ1) is 8.79. The first kappa shape index (κ1) is 11.8. The molecule has 0 spiro atoms. The van der Waals surface area contributed by atoms with Crippen molar-refractivity contribution in [1.29, 1.82) is 0 Å². The van der Waals surface area contributed by atoms with Gasteiger partial charge in [0, 0.05) is 24.1 Å².